The average molecular weight is 216 g/mol. The molecule has 2 aromatic rings. The summed E-state index contributed by atoms with van der Waals surface area (Å²) in [6.07, 6.45) is 7.27. The average Bonchev–Trinajstić information content (AvgIpc) is 2.82. The van der Waals surface area contributed by atoms with E-state index in [9.17, 15) is 0 Å². The lowest BCUT2D eigenvalue weighted by molar-refractivity contribution is 0.456. The normalized spacial score (nSPS) is 12.6. The quantitative estimate of drug-likeness (QED) is 0.831. The van der Waals surface area contributed by atoms with E-state index in [0.29, 0.717) is 6.04 Å². The van der Waals surface area contributed by atoms with Crippen LogP contribution in [0.2, 0.25) is 0 Å². The second kappa shape index (κ2) is 5.47. The highest BCUT2D eigenvalue weighted by atomic mass is 16.3. The molecule has 0 radical (unpaired) electrons. The van der Waals surface area contributed by atoms with E-state index >= 15 is 0 Å². The second-order valence-corrected chi connectivity index (χ2v) is 3.83. The van der Waals surface area contributed by atoms with Crippen molar-refractivity contribution in [3.8, 4) is 0 Å². The monoisotopic (exact) mass is 216 g/mol. The van der Waals surface area contributed by atoms with E-state index in [1.165, 1.54) is 5.56 Å². The minimum absolute atomic E-state index is 0.397. The molecule has 0 saturated carbocycles. The lowest BCUT2D eigenvalue weighted by Crippen LogP contribution is -2.29. The van der Waals surface area contributed by atoms with Gasteiger partial charge in [-0.1, -0.05) is 0 Å². The van der Waals surface area contributed by atoms with Crippen LogP contribution >= 0.6 is 0 Å². The first-order valence-electron chi connectivity index (χ1n) is 5.47. The van der Waals surface area contributed by atoms with Crippen molar-refractivity contribution in [1.82, 2.24) is 10.3 Å². The predicted molar refractivity (Wildman–Crippen MR) is 63.2 cm³/mol. The van der Waals surface area contributed by atoms with Crippen LogP contribution in [0, 0.1) is 0 Å². The van der Waals surface area contributed by atoms with Gasteiger partial charge in [0.1, 0.15) is 5.76 Å². The molecule has 0 amide bonds. The number of rotatable bonds is 5. The van der Waals surface area contributed by atoms with Gasteiger partial charge in [0.05, 0.1) is 6.26 Å². The van der Waals surface area contributed by atoms with Crippen molar-refractivity contribution >= 4 is 0 Å². The van der Waals surface area contributed by atoms with Crippen molar-refractivity contribution in [2.45, 2.75) is 18.9 Å². The molecule has 0 spiro atoms. The SMILES string of the molecule is CNC(Cc1ccncc1)Cc1ccco1. The van der Waals surface area contributed by atoms with Crippen LogP contribution in [0.3, 0.4) is 0 Å². The van der Waals surface area contributed by atoms with E-state index in [0.717, 1.165) is 18.6 Å². The van der Waals surface area contributed by atoms with Crippen LogP contribution in [0.4, 0.5) is 0 Å². The molecule has 0 aromatic carbocycles. The summed E-state index contributed by atoms with van der Waals surface area (Å²) in [6.45, 7) is 0. The minimum atomic E-state index is 0.397. The van der Waals surface area contributed by atoms with Crippen LogP contribution in [-0.4, -0.2) is 18.1 Å². The molecule has 0 bridgehead atoms. The molecule has 2 heterocycles. The van der Waals surface area contributed by atoms with Gasteiger partial charge in [-0.15, -0.1) is 0 Å². The van der Waals surface area contributed by atoms with Crippen molar-refractivity contribution in [3.63, 3.8) is 0 Å². The van der Waals surface area contributed by atoms with Crippen LogP contribution in [-0.2, 0) is 12.8 Å². The van der Waals surface area contributed by atoms with Crippen LogP contribution in [0.15, 0.2) is 47.3 Å². The van der Waals surface area contributed by atoms with Crippen molar-refractivity contribution in [1.29, 1.82) is 0 Å². The highest BCUT2D eigenvalue weighted by molar-refractivity contribution is 5.12. The Morgan fingerprint density at radius 1 is 1.25 bits per heavy atom. The zero-order valence-corrected chi connectivity index (χ0v) is 9.39. The van der Waals surface area contributed by atoms with Crippen molar-refractivity contribution in [2.24, 2.45) is 0 Å². The number of nitrogens with zero attached hydrogens (tertiary/aromatic N) is 1. The van der Waals surface area contributed by atoms with Gasteiger partial charge in [0, 0.05) is 24.9 Å². The van der Waals surface area contributed by atoms with Gasteiger partial charge in [-0.05, 0) is 43.3 Å². The Morgan fingerprint density at radius 2 is 2.06 bits per heavy atom. The molecular weight excluding hydrogens is 200 g/mol. The molecule has 3 nitrogen and oxygen atoms in total. The topological polar surface area (TPSA) is 38.1 Å². The zero-order chi connectivity index (χ0) is 11.2. The molecule has 1 unspecified atom stereocenters. The maximum Gasteiger partial charge on any atom is 0.105 e. The fourth-order valence-electron chi connectivity index (χ4n) is 1.75. The lowest BCUT2D eigenvalue weighted by Gasteiger charge is -2.14. The summed E-state index contributed by atoms with van der Waals surface area (Å²) >= 11 is 0. The van der Waals surface area contributed by atoms with Gasteiger partial charge in [-0.25, -0.2) is 0 Å². The summed E-state index contributed by atoms with van der Waals surface area (Å²) in [7, 11) is 1.98. The van der Waals surface area contributed by atoms with Gasteiger partial charge in [-0.2, -0.15) is 0 Å². The number of furan rings is 1. The molecule has 0 aliphatic rings. The summed E-state index contributed by atoms with van der Waals surface area (Å²) in [5.41, 5.74) is 1.29. The second-order valence-electron chi connectivity index (χ2n) is 3.83. The summed E-state index contributed by atoms with van der Waals surface area (Å²) in [6, 6.07) is 8.43. The number of hydrogen-bond donors (Lipinski definition) is 1. The van der Waals surface area contributed by atoms with Gasteiger partial charge >= 0.3 is 0 Å². The fourth-order valence-corrected chi connectivity index (χ4v) is 1.75. The maximum absolute atomic E-state index is 5.35. The van der Waals surface area contributed by atoms with Gasteiger partial charge in [0.2, 0.25) is 0 Å². The number of pyridine rings is 1. The molecule has 0 saturated heterocycles. The Bertz CT molecular complexity index is 397. The molecule has 0 aliphatic carbocycles. The molecule has 1 N–H and O–H groups in total. The molecule has 1 atom stereocenters. The molecule has 84 valence electrons. The van der Waals surface area contributed by atoms with Gasteiger partial charge < -0.3 is 9.73 Å². The Morgan fingerprint density at radius 3 is 2.69 bits per heavy atom. The van der Waals surface area contributed by atoms with Crippen LogP contribution in [0.5, 0.6) is 0 Å². The Labute approximate surface area is 95.5 Å². The van der Waals surface area contributed by atoms with E-state index < -0.39 is 0 Å². The minimum Gasteiger partial charge on any atom is -0.469 e. The first-order chi connectivity index (χ1) is 7.88. The molecule has 2 rings (SSSR count). The summed E-state index contributed by atoms with van der Waals surface area (Å²) in [4.78, 5) is 4.02. The Hall–Kier alpha value is -1.61. The first-order valence-corrected chi connectivity index (χ1v) is 5.47. The maximum atomic E-state index is 5.35. The standard InChI is InChI=1S/C13H16N2O/c1-14-12(10-13-3-2-8-16-13)9-11-4-6-15-7-5-11/h2-8,12,14H,9-10H2,1H3. The fraction of sp³-hybridized carbons (Fsp3) is 0.308. The number of likely N-dealkylation sites (N-methyl/N-ethyl adjacent to an activating group) is 1. The third kappa shape index (κ3) is 2.94. The number of nitrogens with one attached hydrogen (secondary N) is 1. The van der Waals surface area contributed by atoms with Gasteiger partial charge in [-0.3, -0.25) is 4.98 Å². The van der Waals surface area contributed by atoms with Crippen LogP contribution in [0.25, 0.3) is 0 Å². The Kier molecular flexibility index (Phi) is 3.72. The molecule has 2 aromatic heterocycles. The predicted octanol–water partition coefficient (Wildman–Crippen LogP) is 2.05. The van der Waals surface area contributed by atoms with Crippen LogP contribution < -0.4 is 5.32 Å². The molecule has 16 heavy (non-hydrogen) atoms. The smallest absolute Gasteiger partial charge is 0.105 e. The third-order valence-electron chi connectivity index (χ3n) is 2.67. The molecule has 0 aliphatic heterocycles. The van der Waals surface area contributed by atoms with Crippen molar-refractivity contribution in [2.75, 3.05) is 7.05 Å². The number of hydrogen-bond acceptors (Lipinski definition) is 3. The first kappa shape index (κ1) is 10.9. The molecule has 3 heteroatoms. The largest absolute Gasteiger partial charge is 0.469 e. The zero-order valence-electron chi connectivity index (χ0n) is 9.39. The highest BCUT2D eigenvalue weighted by Crippen LogP contribution is 2.08. The lowest BCUT2D eigenvalue weighted by atomic mass is 10.0. The Balaban J connectivity index is 1.96. The summed E-state index contributed by atoms with van der Waals surface area (Å²) < 4.78 is 5.35. The van der Waals surface area contributed by atoms with E-state index in [1.807, 2.05) is 43.7 Å². The van der Waals surface area contributed by atoms with E-state index in [2.05, 4.69) is 10.3 Å². The van der Waals surface area contributed by atoms with E-state index in [1.54, 1.807) is 6.26 Å². The molecular formula is C13H16N2O. The van der Waals surface area contributed by atoms with E-state index in [4.69, 9.17) is 4.42 Å². The van der Waals surface area contributed by atoms with Crippen molar-refractivity contribution in [3.05, 3.63) is 54.2 Å². The van der Waals surface area contributed by atoms with Crippen molar-refractivity contribution < 1.29 is 4.42 Å². The van der Waals surface area contributed by atoms with Gasteiger partial charge in [0.15, 0.2) is 0 Å². The van der Waals surface area contributed by atoms with E-state index in [-0.39, 0.29) is 0 Å². The van der Waals surface area contributed by atoms with Gasteiger partial charge in [0.25, 0.3) is 0 Å². The molecule has 0 fully saturated rings. The number of aromatic nitrogens is 1. The van der Waals surface area contributed by atoms with Crippen LogP contribution in [0.1, 0.15) is 11.3 Å². The summed E-state index contributed by atoms with van der Waals surface area (Å²) in [5.74, 6) is 1.02. The third-order valence-corrected chi connectivity index (χ3v) is 2.67. The summed E-state index contributed by atoms with van der Waals surface area (Å²) in [5, 5.41) is 3.31. The highest BCUT2D eigenvalue weighted by Gasteiger charge is 2.09.